The smallest absolute Gasteiger partial charge is 0.174 e. The van der Waals surface area contributed by atoms with Crippen molar-refractivity contribution in [1.29, 1.82) is 0 Å². The van der Waals surface area contributed by atoms with Crippen LogP contribution in [-0.2, 0) is 23.1 Å². The van der Waals surface area contributed by atoms with Crippen LogP contribution in [0.3, 0.4) is 0 Å². The third-order valence-electron chi connectivity index (χ3n) is 9.03. The van der Waals surface area contributed by atoms with E-state index in [1.807, 2.05) is 24.3 Å². The number of hydrogen-bond acceptors (Lipinski definition) is 5. The lowest BCUT2D eigenvalue weighted by atomic mass is 9.49. The molecule has 3 aliphatic carbocycles. The molecule has 0 amide bonds. The third-order valence-corrected chi connectivity index (χ3v) is 9.03. The fourth-order valence-electron chi connectivity index (χ4n) is 7.29. The maximum absolute atomic E-state index is 13.2. The number of nitrogens with zero attached hydrogens (tertiary/aromatic N) is 1. The highest BCUT2D eigenvalue weighted by atomic mass is 16.5. The van der Waals surface area contributed by atoms with Crippen LogP contribution in [0, 0.1) is 5.92 Å². The van der Waals surface area contributed by atoms with Crippen molar-refractivity contribution >= 4 is 5.78 Å². The minimum atomic E-state index is -0.917. The summed E-state index contributed by atoms with van der Waals surface area (Å²) in [7, 11) is 0. The number of ketones is 1. The van der Waals surface area contributed by atoms with Crippen LogP contribution in [0.1, 0.15) is 48.8 Å². The Morgan fingerprint density at radius 3 is 2.79 bits per heavy atom. The van der Waals surface area contributed by atoms with Crippen molar-refractivity contribution < 1.29 is 19.4 Å². The van der Waals surface area contributed by atoms with E-state index in [0.717, 1.165) is 43.8 Å². The van der Waals surface area contributed by atoms with Gasteiger partial charge in [-0.25, -0.2) is 0 Å². The molecule has 5 heteroatoms. The summed E-state index contributed by atoms with van der Waals surface area (Å²) in [6.45, 7) is 2.55. The standard InChI is InChI=1S/C28H31NO4/c30-21-10-12-28(31)23-16-20-8-9-22(32-15-11-18-4-2-1-3-5-18)25-24(20)27(28,26(21)33-25)13-14-29(23)17-19-6-7-19/h1-5,8-9,19,23,26,31H,6-7,10-17H2/t23-,26+,27+,28-/m1/s1. The Labute approximate surface area is 194 Å². The molecule has 1 saturated heterocycles. The summed E-state index contributed by atoms with van der Waals surface area (Å²) < 4.78 is 12.7. The number of hydrogen-bond donors (Lipinski definition) is 1. The molecule has 7 rings (SSSR count). The normalized spacial score (nSPS) is 34.0. The minimum Gasteiger partial charge on any atom is -0.489 e. The van der Waals surface area contributed by atoms with Crippen LogP contribution in [0.2, 0.25) is 0 Å². The SMILES string of the molecule is O=C1CC[C@@]2(O)[C@H]3Cc4ccc(OCCc5ccccc5)c5c4[C@@]2(CCN3CC2CC2)[C@H]1O5. The molecule has 5 aliphatic rings. The summed E-state index contributed by atoms with van der Waals surface area (Å²) >= 11 is 0. The summed E-state index contributed by atoms with van der Waals surface area (Å²) in [4.78, 5) is 15.7. The molecule has 172 valence electrons. The van der Waals surface area contributed by atoms with Crippen molar-refractivity contribution in [2.24, 2.45) is 5.92 Å². The van der Waals surface area contributed by atoms with Crippen LogP contribution in [-0.4, -0.2) is 53.2 Å². The van der Waals surface area contributed by atoms with E-state index in [2.05, 4.69) is 23.1 Å². The van der Waals surface area contributed by atoms with Crippen LogP contribution in [0.5, 0.6) is 11.5 Å². The zero-order valence-corrected chi connectivity index (χ0v) is 19.0. The fourth-order valence-corrected chi connectivity index (χ4v) is 7.29. The van der Waals surface area contributed by atoms with Crippen LogP contribution in [0.25, 0.3) is 0 Å². The zero-order chi connectivity index (χ0) is 22.2. The van der Waals surface area contributed by atoms with Crippen molar-refractivity contribution in [3.63, 3.8) is 0 Å². The molecule has 2 aromatic rings. The van der Waals surface area contributed by atoms with E-state index in [1.54, 1.807) is 0 Å². The first kappa shape index (κ1) is 20.0. The monoisotopic (exact) mass is 445 g/mol. The number of benzene rings is 2. The number of carbonyl (C=O) groups excluding carboxylic acids is 1. The van der Waals surface area contributed by atoms with Gasteiger partial charge in [0.15, 0.2) is 23.4 Å². The van der Waals surface area contributed by atoms with Gasteiger partial charge in [0.1, 0.15) is 0 Å². The van der Waals surface area contributed by atoms with Gasteiger partial charge < -0.3 is 14.6 Å². The molecule has 3 fully saturated rings. The molecule has 2 saturated carbocycles. The van der Waals surface area contributed by atoms with E-state index >= 15 is 0 Å². The number of carbonyl (C=O) groups is 1. The first-order valence-corrected chi connectivity index (χ1v) is 12.6. The second-order valence-corrected chi connectivity index (χ2v) is 10.8. The summed E-state index contributed by atoms with van der Waals surface area (Å²) in [6, 6.07) is 14.6. The van der Waals surface area contributed by atoms with E-state index in [1.165, 1.54) is 24.0 Å². The highest BCUT2D eigenvalue weighted by molar-refractivity contribution is 5.90. The Bertz CT molecular complexity index is 1110. The maximum Gasteiger partial charge on any atom is 0.174 e. The molecule has 2 aromatic carbocycles. The van der Waals surface area contributed by atoms with Gasteiger partial charge in [-0.2, -0.15) is 0 Å². The van der Waals surface area contributed by atoms with E-state index in [4.69, 9.17) is 9.47 Å². The van der Waals surface area contributed by atoms with Gasteiger partial charge in [-0.3, -0.25) is 9.69 Å². The Hall–Kier alpha value is -2.37. The first-order chi connectivity index (χ1) is 16.1. The zero-order valence-electron chi connectivity index (χ0n) is 19.0. The molecule has 1 spiro atoms. The van der Waals surface area contributed by atoms with Gasteiger partial charge in [-0.15, -0.1) is 0 Å². The summed E-state index contributed by atoms with van der Waals surface area (Å²) in [5.41, 5.74) is 1.99. The van der Waals surface area contributed by atoms with Crippen molar-refractivity contribution in [1.82, 2.24) is 4.90 Å². The van der Waals surface area contributed by atoms with Crippen molar-refractivity contribution in [3.8, 4) is 11.5 Å². The Kier molecular flexibility index (Phi) is 4.29. The van der Waals surface area contributed by atoms with Crippen molar-refractivity contribution in [3.05, 3.63) is 59.2 Å². The predicted molar refractivity (Wildman–Crippen MR) is 124 cm³/mol. The topological polar surface area (TPSA) is 59.0 Å². The van der Waals surface area contributed by atoms with Crippen LogP contribution < -0.4 is 9.47 Å². The summed E-state index contributed by atoms with van der Waals surface area (Å²) in [5.74, 6) is 2.34. The molecule has 1 N–H and O–H groups in total. The van der Waals surface area contributed by atoms with E-state index < -0.39 is 17.1 Å². The summed E-state index contributed by atoms with van der Waals surface area (Å²) in [5, 5.41) is 12.3. The van der Waals surface area contributed by atoms with E-state index in [9.17, 15) is 9.90 Å². The van der Waals surface area contributed by atoms with Gasteiger partial charge in [-0.05, 0) is 61.8 Å². The van der Waals surface area contributed by atoms with Crippen LogP contribution in [0.4, 0.5) is 0 Å². The number of piperidine rings is 1. The number of ether oxygens (including phenoxy) is 2. The second-order valence-electron chi connectivity index (χ2n) is 10.8. The minimum absolute atomic E-state index is 0.0642. The Morgan fingerprint density at radius 2 is 1.97 bits per heavy atom. The molecule has 2 aliphatic heterocycles. The third kappa shape index (κ3) is 2.75. The largest absolute Gasteiger partial charge is 0.489 e. The number of likely N-dealkylation sites (tertiary alicyclic amines) is 1. The van der Waals surface area contributed by atoms with E-state index in [-0.39, 0.29) is 11.8 Å². The van der Waals surface area contributed by atoms with Crippen molar-refractivity contribution in [2.75, 3.05) is 19.7 Å². The molecule has 2 bridgehead atoms. The average Bonchev–Trinajstić information content (AvgIpc) is 3.56. The van der Waals surface area contributed by atoms with Gasteiger partial charge in [0.25, 0.3) is 0 Å². The number of rotatable bonds is 6. The molecular formula is C28H31NO4. The van der Waals surface area contributed by atoms with Gasteiger partial charge >= 0.3 is 0 Å². The Balaban J connectivity index is 1.26. The van der Waals surface area contributed by atoms with Gasteiger partial charge in [-0.1, -0.05) is 36.4 Å². The summed E-state index contributed by atoms with van der Waals surface area (Å²) in [6.07, 6.45) is 5.36. The van der Waals surface area contributed by atoms with Crippen molar-refractivity contribution in [2.45, 2.75) is 68.1 Å². The fraction of sp³-hybridized carbons (Fsp3) is 0.536. The lowest BCUT2D eigenvalue weighted by molar-refractivity contribution is -0.188. The van der Waals surface area contributed by atoms with Gasteiger partial charge in [0, 0.05) is 31.0 Å². The molecule has 2 heterocycles. The lowest BCUT2D eigenvalue weighted by Crippen LogP contribution is -2.76. The predicted octanol–water partition coefficient (Wildman–Crippen LogP) is 3.44. The molecule has 0 unspecified atom stereocenters. The Morgan fingerprint density at radius 1 is 1.12 bits per heavy atom. The molecule has 0 aromatic heterocycles. The number of Topliss-reactive ketones (excluding diaryl/α,β-unsaturated/α-hetero) is 1. The molecule has 4 atom stereocenters. The second kappa shape index (κ2) is 7.07. The highest BCUT2D eigenvalue weighted by Gasteiger charge is 2.73. The number of aliphatic hydroxyl groups is 1. The van der Waals surface area contributed by atoms with E-state index in [0.29, 0.717) is 30.9 Å². The molecule has 0 radical (unpaired) electrons. The lowest BCUT2D eigenvalue weighted by Gasteiger charge is -2.62. The quantitative estimate of drug-likeness (QED) is 0.738. The maximum atomic E-state index is 13.2. The highest BCUT2D eigenvalue weighted by Crippen LogP contribution is 2.65. The van der Waals surface area contributed by atoms with Gasteiger partial charge in [0.05, 0.1) is 17.6 Å². The molecule has 33 heavy (non-hydrogen) atoms. The average molecular weight is 446 g/mol. The van der Waals surface area contributed by atoms with Crippen LogP contribution >= 0.6 is 0 Å². The molecular weight excluding hydrogens is 414 g/mol. The van der Waals surface area contributed by atoms with Gasteiger partial charge in [0.2, 0.25) is 0 Å². The first-order valence-electron chi connectivity index (χ1n) is 12.6. The van der Waals surface area contributed by atoms with Crippen LogP contribution in [0.15, 0.2) is 42.5 Å². The molecule has 5 nitrogen and oxygen atoms in total.